The number of benzene rings is 3. The second-order valence-electron chi connectivity index (χ2n) is 9.38. The molecule has 0 atom stereocenters. The Morgan fingerprint density at radius 1 is 0.975 bits per heavy atom. The maximum Gasteiger partial charge on any atom is 0.266 e. The van der Waals surface area contributed by atoms with Crippen molar-refractivity contribution < 1.29 is 18.7 Å². The van der Waals surface area contributed by atoms with Crippen LogP contribution in [0.2, 0.25) is 0 Å². The number of nitrogens with zero attached hydrogens (tertiary/aromatic N) is 3. The molecule has 1 fully saturated rings. The molecular formula is C30H29FN4O4S. The fourth-order valence-electron chi connectivity index (χ4n) is 4.49. The highest BCUT2D eigenvalue weighted by molar-refractivity contribution is 7.99. The van der Waals surface area contributed by atoms with Gasteiger partial charge in [0, 0.05) is 30.8 Å². The highest BCUT2D eigenvalue weighted by atomic mass is 32.2. The van der Waals surface area contributed by atoms with E-state index in [1.54, 1.807) is 42.5 Å². The van der Waals surface area contributed by atoms with Crippen molar-refractivity contribution in [1.82, 2.24) is 19.8 Å². The Labute approximate surface area is 235 Å². The van der Waals surface area contributed by atoms with E-state index in [1.165, 1.54) is 28.8 Å². The van der Waals surface area contributed by atoms with Crippen molar-refractivity contribution in [2.75, 3.05) is 45.1 Å². The third kappa shape index (κ3) is 6.64. The van der Waals surface area contributed by atoms with Gasteiger partial charge in [-0.2, -0.15) is 0 Å². The largest absolute Gasteiger partial charge is 0.379 e. The number of rotatable bonds is 10. The van der Waals surface area contributed by atoms with Gasteiger partial charge in [-0.15, -0.1) is 0 Å². The van der Waals surface area contributed by atoms with Crippen LogP contribution in [0.4, 0.5) is 4.39 Å². The number of thioether (sulfide) groups is 1. The van der Waals surface area contributed by atoms with Crippen LogP contribution >= 0.6 is 11.8 Å². The summed E-state index contributed by atoms with van der Waals surface area (Å²) in [4.78, 5) is 46.2. The smallest absolute Gasteiger partial charge is 0.266 e. The van der Waals surface area contributed by atoms with Crippen LogP contribution in [0.5, 0.6) is 0 Å². The fraction of sp³-hybridized carbons (Fsp3) is 0.267. The number of ether oxygens (including phenoxy) is 1. The number of aromatic nitrogens is 2. The van der Waals surface area contributed by atoms with E-state index in [1.807, 2.05) is 6.07 Å². The zero-order chi connectivity index (χ0) is 27.9. The van der Waals surface area contributed by atoms with Crippen LogP contribution in [0, 0.1) is 5.82 Å². The van der Waals surface area contributed by atoms with E-state index in [4.69, 9.17) is 4.74 Å². The van der Waals surface area contributed by atoms with Crippen LogP contribution in [-0.2, 0) is 4.74 Å². The highest BCUT2D eigenvalue weighted by Gasteiger charge is 2.17. The van der Waals surface area contributed by atoms with E-state index in [2.05, 4.69) is 15.2 Å². The van der Waals surface area contributed by atoms with Crippen LogP contribution in [0.25, 0.3) is 16.6 Å². The molecule has 10 heteroatoms. The minimum absolute atomic E-state index is 0.0481. The second-order valence-corrected chi connectivity index (χ2v) is 10.3. The summed E-state index contributed by atoms with van der Waals surface area (Å²) in [6, 6.07) is 19.2. The minimum Gasteiger partial charge on any atom is -0.379 e. The van der Waals surface area contributed by atoms with Crippen LogP contribution < -0.4 is 10.9 Å². The number of morpholine rings is 1. The van der Waals surface area contributed by atoms with Gasteiger partial charge >= 0.3 is 0 Å². The first-order valence-corrected chi connectivity index (χ1v) is 14.1. The van der Waals surface area contributed by atoms with Crippen molar-refractivity contribution in [1.29, 1.82) is 0 Å². The first kappa shape index (κ1) is 27.7. The molecule has 3 aromatic carbocycles. The molecule has 2 heterocycles. The Bertz CT molecular complexity index is 1550. The minimum atomic E-state index is -0.431. The molecule has 1 saturated heterocycles. The SMILES string of the molecule is O=C(CSc1nc2cc(C(=O)NCCCN3CCOCC3)ccc2c(=O)n1-c1ccc(F)cc1)c1ccccc1. The third-order valence-corrected chi connectivity index (χ3v) is 7.59. The number of carbonyl (C=O) groups excluding carboxylic acids is 2. The van der Waals surface area contributed by atoms with E-state index >= 15 is 0 Å². The molecule has 0 radical (unpaired) electrons. The predicted octanol–water partition coefficient (Wildman–Crippen LogP) is 3.95. The van der Waals surface area contributed by atoms with Crippen molar-refractivity contribution in [3.05, 3.63) is 100 Å². The van der Waals surface area contributed by atoms with Crippen molar-refractivity contribution in [3.8, 4) is 5.69 Å². The topological polar surface area (TPSA) is 93.5 Å². The van der Waals surface area contributed by atoms with Crippen LogP contribution in [0.3, 0.4) is 0 Å². The molecule has 1 amide bonds. The number of nitrogens with one attached hydrogen (secondary N) is 1. The van der Waals surface area contributed by atoms with E-state index in [0.717, 1.165) is 51.0 Å². The summed E-state index contributed by atoms with van der Waals surface area (Å²) >= 11 is 1.12. The summed E-state index contributed by atoms with van der Waals surface area (Å²) in [6.07, 6.45) is 0.816. The molecular weight excluding hydrogens is 531 g/mol. The molecule has 1 aliphatic heterocycles. The average Bonchev–Trinajstić information content (AvgIpc) is 2.99. The van der Waals surface area contributed by atoms with Gasteiger partial charge in [-0.25, -0.2) is 9.37 Å². The molecule has 4 aromatic rings. The molecule has 0 spiro atoms. The molecule has 1 aliphatic rings. The fourth-order valence-corrected chi connectivity index (χ4v) is 5.40. The van der Waals surface area contributed by atoms with Gasteiger partial charge in [0.05, 0.1) is 35.6 Å². The third-order valence-electron chi connectivity index (χ3n) is 6.65. The standard InChI is InChI=1S/C30H29FN4O4S/c31-23-8-10-24(11-9-23)35-29(38)25-12-7-22(28(37)32-13-4-14-34-15-17-39-18-16-34)19-26(25)33-30(35)40-20-27(36)21-5-2-1-3-6-21/h1-3,5-12,19H,4,13-18,20H2,(H,32,37). The number of hydrogen-bond acceptors (Lipinski definition) is 7. The Hall–Kier alpha value is -3.86. The van der Waals surface area contributed by atoms with Crippen molar-refractivity contribution in [3.63, 3.8) is 0 Å². The van der Waals surface area contributed by atoms with Gasteiger partial charge in [0.15, 0.2) is 10.9 Å². The van der Waals surface area contributed by atoms with Crippen molar-refractivity contribution in [2.24, 2.45) is 0 Å². The molecule has 0 saturated carbocycles. The zero-order valence-corrected chi connectivity index (χ0v) is 22.7. The lowest BCUT2D eigenvalue weighted by molar-refractivity contribution is 0.0374. The average molecular weight is 561 g/mol. The van der Waals surface area contributed by atoms with Crippen molar-refractivity contribution in [2.45, 2.75) is 11.6 Å². The van der Waals surface area contributed by atoms with E-state index < -0.39 is 5.82 Å². The number of amides is 1. The zero-order valence-electron chi connectivity index (χ0n) is 21.8. The van der Waals surface area contributed by atoms with Gasteiger partial charge < -0.3 is 10.1 Å². The Morgan fingerprint density at radius 3 is 2.48 bits per heavy atom. The van der Waals surface area contributed by atoms with Gasteiger partial charge in [-0.3, -0.25) is 23.9 Å². The maximum absolute atomic E-state index is 13.6. The summed E-state index contributed by atoms with van der Waals surface area (Å²) in [7, 11) is 0. The molecule has 5 rings (SSSR count). The molecule has 8 nitrogen and oxygen atoms in total. The lowest BCUT2D eigenvalue weighted by Gasteiger charge is -2.26. The van der Waals surface area contributed by atoms with E-state index in [9.17, 15) is 18.8 Å². The van der Waals surface area contributed by atoms with Crippen LogP contribution in [0.1, 0.15) is 27.1 Å². The Morgan fingerprint density at radius 2 is 1.73 bits per heavy atom. The molecule has 1 N–H and O–H groups in total. The normalized spacial score (nSPS) is 13.8. The number of ketones is 1. The molecule has 206 valence electrons. The summed E-state index contributed by atoms with van der Waals surface area (Å²) < 4.78 is 20.4. The van der Waals surface area contributed by atoms with Crippen molar-refractivity contribution >= 4 is 34.4 Å². The molecule has 0 bridgehead atoms. The molecule has 0 aliphatic carbocycles. The molecule has 0 unspecified atom stereocenters. The van der Waals surface area contributed by atoms with E-state index in [-0.39, 0.29) is 28.2 Å². The number of Topliss-reactive ketones (excluding diaryl/α,β-unsaturated/α-hetero) is 1. The molecule has 40 heavy (non-hydrogen) atoms. The predicted molar refractivity (Wildman–Crippen MR) is 153 cm³/mol. The number of halogens is 1. The number of hydrogen-bond donors (Lipinski definition) is 1. The van der Waals surface area contributed by atoms with Gasteiger partial charge in [0.25, 0.3) is 11.5 Å². The van der Waals surface area contributed by atoms with Crippen LogP contribution in [0.15, 0.2) is 82.7 Å². The van der Waals surface area contributed by atoms with Crippen LogP contribution in [-0.4, -0.2) is 71.3 Å². The highest BCUT2D eigenvalue weighted by Crippen LogP contribution is 2.23. The summed E-state index contributed by atoms with van der Waals surface area (Å²) in [5.74, 6) is -0.746. The van der Waals surface area contributed by atoms with E-state index in [0.29, 0.717) is 34.3 Å². The lowest BCUT2D eigenvalue weighted by atomic mass is 10.1. The Kier molecular flexibility index (Phi) is 9.00. The Balaban J connectivity index is 1.38. The quantitative estimate of drug-likeness (QED) is 0.136. The summed E-state index contributed by atoms with van der Waals surface area (Å²) in [5.41, 5.74) is 1.35. The first-order chi connectivity index (χ1) is 19.5. The first-order valence-electron chi connectivity index (χ1n) is 13.1. The second kappa shape index (κ2) is 13.0. The van der Waals surface area contributed by atoms with Gasteiger partial charge in [-0.1, -0.05) is 42.1 Å². The number of carbonyl (C=O) groups is 2. The monoisotopic (exact) mass is 560 g/mol. The summed E-state index contributed by atoms with van der Waals surface area (Å²) in [6.45, 7) is 4.68. The van der Waals surface area contributed by atoms with Gasteiger partial charge in [0.2, 0.25) is 0 Å². The van der Waals surface area contributed by atoms with Gasteiger partial charge in [0.1, 0.15) is 5.82 Å². The molecule has 1 aromatic heterocycles. The summed E-state index contributed by atoms with van der Waals surface area (Å²) in [5, 5.41) is 3.53. The van der Waals surface area contributed by atoms with Gasteiger partial charge in [-0.05, 0) is 55.4 Å². The maximum atomic E-state index is 13.6. The lowest BCUT2D eigenvalue weighted by Crippen LogP contribution is -2.38. The number of fused-ring (bicyclic) bond motifs is 1.